The third-order valence-electron chi connectivity index (χ3n) is 2.74. The lowest BCUT2D eigenvalue weighted by molar-refractivity contribution is 0.581. The SMILES string of the molecule is CCn1nc(C)c(N)c1Nc1cc(Br)c(F)cc1F. The molecule has 0 aliphatic heterocycles. The zero-order chi connectivity index (χ0) is 14.2. The van der Waals surface area contributed by atoms with Crippen molar-refractivity contribution in [3.8, 4) is 0 Å². The van der Waals surface area contributed by atoms with Gasteiger partial charge >= 0.3 is 0 Å². The Morgan fingerprint density at radius 1 is 1.37 bits per heavy atom. The summed E-state index contributed by atoms with van der Waals surface area (Å²) in [5.74, 6) is -0.852. The van der Waals surface area contributed by atoms with Crippen LogP contribution in [0.3, 0.4) is 0 Å². The van der Waals surface area contributed by atoms with Gasteiger partial charge in [-0.2, -0.15) is 5.10 Å². The molecule has 0 saturated carbocycles. The van der Waals surface area contributed by atoms with E-state index in [0.717, 1.165) is 6.07 Å². The molecule has 0 aliphatic rings. The third-order valence-corrected chi connectivity index (χ3v) is 3.34. The standard InChI is InChI=1S/C12H13BrF2N4/c1-3-19-12(11(16)6(2)18-19)17-10-4-7(13)8(14)5-9(10)15/h4-5,17H,3,16H2,1-2H3. The summed E-state index contributed by atoms with van der Waals surface area (Å²) in [6.45, 7) is 4.25. The van der Waals surface area contributed by atoms with Crippen molar-refractivity contribution in [2.45, 2.75) is 20.4 Å². The van der Waals surface area contributed by atoms with Crippen LogP contribution in [-0.2, 0) is 6.54 Å². The van der Waals surface area contributed by atoms with E-state index >= 15 is 0 Å². The number of aromatic nitrogens is 2. The second-order valence-corrected chi connectivity index (χ2v) is 4.89. The Kier molecular flexibility index (Phi) is 3.75. The molecule has 1 aromatic heterocycles. The molecule has 0 bridgehead atoms. The van der Waals surface area contributed by atoms with Crippen LogP contribution >= 0.6 is 15.9 Å². The minimum absolute atomic E-state index is 0.134. The highest BCUT2D eigenvalue weighted by atomic mass is 79.9. The van der Waals surface area contributed by atoms with Crippen LogP contribution < -0.4 is 11.1 Å². The van der Waals surface area contributed by atoms with Gasteiger partial charge in [-0.05, 0) is 35.8 Å². The Balaban J connectivity index is 2.44. The van der Waals surface area contributed by atoms with Crippen LogP contribution in [0.5, 0.6) is 0 Å². The molecule has 0 atom stereocenters. The van der Waals surface area contributed by atoms with Crippen molar-refractivity contribution in [3.63, 3.8) is 0 Å². The summed E-state index contributed by atoms with van der Waals surface area (Å²) < 4.78 is 28.7. The Bertz CT molecular complexity index is 625. The monoisotopic (exact) mass is 330 g/mol. The van der Waals surface area contributed by atoms with Gasteiger partial charge in [0.1, 0.15) is 11.6 Å². The van der Waals surface area contributed by atoms with E-state index in [0.29, 0.717) is 23.7 Å². The fourth-order valence-corrected chi connectivity index (χ4v) is 2.05. The Morgan fingerprint density at radius 3 is 2.68 bits per heavy atom. The molecule has 19 heavy (non-hydrogen) atoms. The molecule has 0 amide bonds. The molecular weight excluding hydrogens is 318 g/mol. The molecule has 0 fully saturated rings. The fraction of sp³-hybridized carbons (Fsp3) is 0.250. The number of nitrogens with two attached hydrogens (primary N) is 1. The number of nitrogens with zero attached hydrogens (tertiary/aromatic N) is 2. The second kappa shape index (κ2) is 5.16. The van der Waals surface area contributed by atoms with E-state index in [4.69, 9.17) is 5.73 Å². The van der Waals surface area contributed by atoms with Crippen molar-refractivity contribution >= 4 is 33.1 Å². The maximum absolute atomic E-state index is 13.7. The van der Waals surface area contributed by atoms with Crippen LogP contribution in [0.1, 0.15) is 12.6 Å². The number of rotatable bonds is 3. The smallest absolute Gasteiger partial charge is 0.152 e. The quantitative estimate of drug-likeness (QED) is 0.846. The number of nitrogen functional groups attached to an aromatic ring is 1. The summed E-state index contributed by atoms with van der Waals surface area (Å²) in [5, 5.41) is 7.07. The van der Waals surface area contributed by atoms with E-state index in [2.05, 4.69) is 26.3 Å². The zero-order valence-electron chi connectivity index (χ0n) is 10.5. The highest BCUT2D eigenvalue weighted by molar-refractivity contribution is 9.10. The lowest BCUT2D eigenvalue weighted by Crippen LogP contribution is -2.05. The zero-order valence-corrected chi connectivity index (χ0v) is 12.1. The summed E-state index contributed by atoms with van der Waals surface area (Å²) in [7, 11) is 0. The summed E-state index contributed by atoms with van der Waals surface area (Å²) in [4.78, 5) is 0. The van der Waals surface area contributed by atoms with E-state index in [1.54, 1.807) is 11.6 Å². The lowest BCUT2D eigenvalue weighted by Gasteiger charge is -2.11. The molecule has 7 heteroatoms. The minimum Gasteiger partial charge on any atom is -0.394 e. The molecule has 0 unspecified atom stereocenters. The van der Waals surface area contributed by atoms with E-state index in [-0.39, 0.29) is 10.2 Å². The summed E-state index contributed by atoms with van der Waals surface area (Å²) >= 11 is 3.02. The molecule has 0 aliphatic carbocycles. The largest absolute Gasteiger partial charge is 0.394 e. The van der Waals surface area contributed by atoms with E-state index < -0.39 is 11.6 Å². The van der Waals surface area contributed by atoms with Gasteiger partial charge in [-0.25, -0.2) is 13.5 Å². The molecule has 102 valence electrons. The number of benzene rings is 1. The third kappa shape index (κ3) is 2.56. The molecule has 3 N–H and O–H groups in total. The van der Waals surface area contributed by atoms with Gasteiger partial charge < -0.3 is 11.1 Å². The number of nitrogens with one attached hydrogen (secondary N) is 1. The van der Waals surface area contributed by atoms with Crippen molar-refractivity contribution in [1.29, 1.82) is 0 Å². The van der Waals surface area contributed by atoms with Gasteiger partial charge in [0.15, 0.2) is 5.82 Å². The lowest BCUT2D eigenvalue weighted by atomic mass is 10.3. The first-order valence-corrected chi connectivity index (χ1v) is 6.47. The average Bonchev–Trinajstić information content (AvgIpc) is 2.63. The van der Waals surface area contributed by atoms with Crippen molar-refractivity contribution in [2.75, 3.05) is 11.1 Å². The first-order valence-electron chi connectivity index (χ1n) is 5.68. The summed E-state index contributed by atoms with van der Waals surface area (Å²) in [5.41, 5.74) is 7.13. The molecule has 1 heterocycles. The van der Waals surface area contributed by atoms with Crippen molar-refractivity contribution in [1.82, 2.24) is 9.78 Å². The Labute approximate surface area is 117 Å². The maximum Gasteiger partial charge on any atom is 0.152 e. The van der Waals surface area contributed by atoms with Crippen LogP contribution in [-0.4, -0.2) is 9.78 Å². The molecule has 2 rings (SSSR count). The van der Waals surface area contributed by atoms with E-state index in [1.807, 2.05) is 6.92 Å². The first-order chi connectivity index (χ1) is 8.93. The Morgan fingerprint density at radius 2 is 2.05 bits per heavy atom. The van der Waals surface area contributed by atoms with Crippen LogP contribution in [0.25, 0.3) is 0 Å². The number of halogens is 3. The fourth-order valence-electron chi connectivity index (χ4n) is 1.70. The van der Waals surface area contributed by atoms with E-state index in [9.17, 15) is 8.78 Å². The van der Waals surface area contributed by atoms with Gasteiger partial charge in [0, 0.05) is 12.6 Å². The molecule has 0 spiro atoms. The highest BCUT2D eigenvalue weighted by Gasteiger charge is 2.15. The van der Waals surface area contributed by atoms with Gasteiger partial charge in [0.05, 0.1) is 21.5 Å². The van der Waals surface area contributed by atoms with Gasteiger partial charge in [0.25, 0.3) is 0 Å². The molecule has 4 nitrogen and oxygen atoms in total. The van der Waals surface area contributed by atoms with Crippen LogP contribution in [0.4, 0.5) is 26.0 Å². The van der Waals surface area contributed by atoms with Gasteiger partial charge in [-0.3, -0.25) is 0 Å². The molecule has 0 saturated heterocycles. The van der Waals surface area contributed by atoms with Gasteiger partial charge in [0.2, 0.25) is 0 Å². The second-order valence-electron chi connectivity index (χ2n) is 4.03. The van der Waals surface area contributed by atoms with E-state index in [1.165, 1.54) is 6.07 Å². The number of hydrogen-bond acceptors (Lipinski definition) is 3. The number of hydrogen-bond donors (Lipinski definition) is 2. The maximum atomic E-state index is 13.7. The molecule has 1 aromatic carbocycles. The van der Waals surface area contributed by atoms with Crippen molar-refractivity contribution < 1.29 is 8.78 Å². The topological polar surface area (TPSA) is 55.9 Å². The van der Waals surface area contributed by atoms with Crippen LogP contribution in [0.15, 0.2) is 16.6 Å². The average molecular weight is 331 g/mol. The predicted octanol–water partition coefficient (Wildman–Crippen LogP) is 3.58. The van der Waals surface area contributed by atoms with Gasteiger partial charge in [-0.1, -0.05) is 0 Å². The Hall–Kier alpha value is -1.63. The number of anilines is 3. The van der Waals surface area contributed by atoms with Gasteiger partial charge in [-0.15, -0.1) is 0 Å². The highest BCUT2D eigenvalue weighted by Crippen LogP contribution is 2.30. The van der Waals surface area contributed by atoms with Crippen LogP contribution in [0, 0.1) is 18.6 Å². The van der Waals surface area contributed by atoms with Crippen molar-refractivity contribution in [3.05, 3.63) is 33.9 Å². The molecule has 2 aromatic rings. The normalized spacial score (nSPS) is 10.8. The molecular formula is C12H13BrF2N4. The van der Waals surface area contributed by atoms with Crippen LogP contribution in [0.2, 0.25) is 0 Å². The predicted molar refractivity (Wildman–Crippen MR) is 74.4 cm³/mol. The summed E-state index contributed by atoms with van der Waals surface area (Å²) in [6, 6.07) is 2.13. The minimum atomic E-state index is -0.693. The first kappa shape index (κ1) is 13.8. The van der Waals surface area contributed by atoms with Crippen molar-refractivity contribution in [2.24, 2.45) is 0 Å². The molecule has 0 radical (unpaired) electrons. The number of aryl methyl sites for hydroxylation is 2. The summed E-state index contributed by atoms with van der Waals surface area (Å²) in [6.07, 6.45) is 0.